The van der Waals surface area contributed by atoms with E-state index in [1.165, 1.54) is 18.1 Å². The van der Waals surface area contributed by atoms with Crippen LogP contribution in [0, 0.1) is 11.3 Å². The maximum Gasteiger partial charge on any atom is 0.303 e. The molecule has 22 heavy (non-hydrogen) atoms. The lowest BCUT2D eigenvalue weighted by atomic mass is 9.98. The van der Waals surface area contributed by atoms with Crippen molar-refractivity contribution in [2.24, 2.45) is 0 Å². The van der Waals surface area contributed by atoms with Crippen LogP contribution in [0.15, 0.2) is 23.3 Å². The Labute approximate surface area is 143 Å². The number of hydrogen-bond acceptors (Lipinski definition) is 3. The Morgan fingerprint density at radius 3 is 2.36 bits per heavy atom. The van der Waals surface area contributed by atoms with Gasteiger partial charge in [0.1, 0.15) is 5.60 Å². The lowest BCUT2D eigenvalue weighted by Crippen LogP contribution is -2.36. The summed E-state index contributed by atoms with van der Waals surface area (Å²) in [6.45, 7) is 9.49. The molecule has 0 amide bonds. The molecule has 0 saturated heterocycles. The van der Waals surface area contributed by atoms with Crippen molar-refractivity contribution in [3.8, 4) is 6.07 Å². The topological polar surface area (TPSA) is 50.1 Å². The van der Waals surface area contributed by atoms with E-state index in [9.17, 15) is 4.79 Å². The van der Waals surface area contributed by atoms with Crippen LogP contribution in [0.3, 0.4) is 0 Å². The third-order valence-corrected chi connectivity index (χ3v) is 5.09. The summed E-state index contributed by atoms with van der Waals surface area (Å²) in [5, 5.41) is 8.53. The van der Waals surface area contributed by atoms with E-state index < -0.39 is 5.60 Å². The molecule has 1 atom stereocenters. The van der Waals surface area contributed by atoms with E-state index >= 15 is 0 Å². The number of hydrogen-bond donors (Lipinski definition) is 0. The molecule has 0 rings (SSSR count). The van der Waals surface area contributed by atoms with Crippen molar-refractivity contribution in [2.45, 2.75) is 77.2 Å². The van der Waals surface area contributed by atoms with Crippen molar-refractivity contribution >= 4 is 21.9 Å². The Balaban J connectivity index is 4.22. The minimum Gasteiger partial charge on any atom is -0.459 e. The average molecular weight is 370 g/mol. The lowest BCUT2D eigenvalue weighted by Gasteiger charge is -2.30. The smallest absolute Gasteiger partial charge is 0.303 e. The molecule has 0 aromatic carbocycles. The number of nitriles is 1. The van der Waals surface area contributed by atoms with Crippen LogP contribution in [-0.2, 0) is 9.53 Å². The number of carbonyl (C=O) groups is 1. The largest absolute Gasteiger partial charge is 0.459 e. The highest BCUT2D eigenvalue weighted by Gasteiger charge is 2.30. The summed E-state index contributed by atoms with van der Waals surface area (Å²) in [5.41, 5.74) is 2.11. The van der Waals surface area contributed by atoms with Gasteiger partial charge in [-0.15, -0.1) is 0 Å². The van der Waals surface area contributed by atoms with Gasteiger partial charge in [-0.3, -0.25) is 4.79 Å². The van der Waals surface area contributed by atoms with Gasteiger partial charge < -0.3 is 4.74 Å². The first-order valence-corrected chi connectivity index (χ1v) is 8.62. The first-order valence-electron chi connectivity index (χ1n) is 7.71. The van der Waals surface area contributed by atoms with Crippen molar-refractivity contribution in [3.63, 3.8) is 0 Å². The summed E-state index contributed by atoms with van der Waals surface area (Å²) >= 11 is 3.63. The maximum atomic E-state index is 11.1. The SMILES string of the molecule is CC(=O)OC(C)(C)C(Br)CC/C(C)=C/CC/C(C)=C/CC#N. The number of carbonyl (C=O) groups excluding carboxylic acids is 1. The molecule has 4 heteroatoms. The molecular weight excluding hydrogens is 342 g/mol. The van der Waals surface area contributed by atoms with Crippen molar-refractivity contribution in [1.29, 1.82) is 5.26 Å². The van der Waals surface area contributed by atoms with E-state index in [1.807, 2.05) is 19.9 Å². The first-order chi connectivity index (χ1) is 10.2. The predicted octanol–water partition coefficient (Wildman–Crippen LogP) is 5.46. The normalized spacial score (nSPS) is 14.4. The Bertz CT molecular complexity index is 458. The van der Waals surface area contributed by atoms with Gasteiger partial charge in [0.05, 0.1) is 17.3 Å². The van der Waals surface area contributed by atoms with Crippen LogP contribution in [0.1, 0.15) is 66.7 Å². The number of nitrogens with zero attached hydrogens (tertiary/aromatic N) is 1. The van der Waals surface area contributed by atoms with Crippen LogP contribution in [0.5, 0.6) is 0 Å². The standard InChI is InChI=1S/C18H28BrNO2/c1-14(10-7-13-20)8-6-9-15(2)11-12-17(19)18(4,5)22-16(3)21/h9-10,17H,6-8,11-12H2,1-5H3/b14-10+,15-9+. The van der Waals surface area contributed by atoms with Crippen molar-refractivity contribution in [3.05, 3.63) is 23.3 Å². The molecule has 0 aliphatic heterocycles. The number of rotatable bonds is 9. The summed E-state index contributed by atoms with van der Waals surface area (Å²) in [4.78, 5) is 11.2. The number of allylic oxidation sites excluding steroid dienone is 4. The molecule has 0 saturated carbocycles. The van der Waals surface area contributed by atoms with Gasteiger partial charge in [-0.05, 0) is 53.4 Å². The molecule has 0 aliphatic carbocycles. The van der Waals surface area contributed by atoms with Gasteiger partial charge in [-0.25, -0.2) is 0 Å². The van der Waals surface area contributed by atoms with Gasteiger partial charge in [-0.2, -0.15) is 5.26 Å². The Hall–Kier alpha value is -1.08. The van der Waals surface area contributed by atoms with Crippen LogP contribution in [0.25, 0.3) is 0 Å². The molecule has 124 valence electrons. The van der Waals surface area contributed by atoms with E-state index in [4.69, 9.17) is 10.00 Å². The number of ether oxygens (including phenoxy) is 1. The van der Waals surface area contributed by atoms with E-state index in [0.717, 1.165) is 25.7 Å². The molecule has 0 aliphatic rings. The zero-order valence-corrected chi connectivity index (χ0v) is 16.0. The predicted molar refractivity (Wildman–Crippen MR) is 94.8 cm³/mol. The van der Waals surface area contributed by atoms with Gasteiger partial charge in [0, 0.05) is 6.92 Å². The molecule has 1 unspecified atom stereocenters. The summed E-state index contributed by atoms with van der Waals surface area (Å²) in [6, 6.07) is 2.13. The Kier molecular flexibility index (Phi) is 10.1. The Morgan fingerprint density at radius 2 is 1.82 bits per heavy atom. The zero-order chi connectivity index (χ0) is 17.2. The summed E-state index contributed by atoms with van der Waals surface area (Å²) < 4.78 is 5.34. The molecular formula is C18H28BrNO2. The highest BCUT2D eigenvalue weighted by atomic mass is 79.9. The number of halogens is 1. The summed E-state index contributed by atoms with van der Waals surface area (Å²) in [7, 11) is 0. The van der Waals surface area contributed by atoms with E-state index in [0.29, 0.717) is 6.42 Å². The van der Waals surface area contributed by atoms with E-state index in [2.05, 4.69) is 41.9 Å². The highest BCUT2D eigenvalue weighted by molar-refractivity contribution is 9.09. The average Bonchev–Trinajstić information content (AvgIpc) is 2.41. The molecule has 0 fully saturated rings. The number of alkyl halides is 1. The molecule has 0 N–H and O–H groups in total. The van der Waals surface area contributed by atoms with Crippen LogP contribution in [0.2, 0.25) is 0 Å². The first kappa shape index (κ1) is 20.9. The molecule has 0 bridgehead atoms. The van der Waals surface area contributed by atoms with Gasteiger partial charge in [0.2, 0.25) is 0 Å². The fraction of sp³-hybridized carbons (Fsp3) is 0.667. The molecule has 0 aromatic rings. The van der Waals surface area contributed by atoms with Crippen molar-refractivity contribution in [1.82, 2.24) is 0 Å². The zero-order valence-electron chi connectivity index (χ0n) is 14.4. The molecule has 0 radical (unpaired) electrons. The van der Waals surface area contributed by atoms with Gasteiger partial charge in [0.25, 0.3) is 0 Å². The second kappa shape index (κ2) is 10.6. The van der Waals surface area contributed by atoms with Crippen LogP contribution in [0.4, 0.5) is 0 Å². The second-order valence-electron chi connectivity index (χ2n) is 6.21. The third kappa shape index (κ3) is 9.78. The summed E-state index contributed by atoms with van der Waals surface area (Å²) in [5.74, 6) is -0.249. The van der Waals surface area contributed by atoms with Gasteiger partial charge in [0.15, 0.2) is 0 Å². The molecule has 0 spiro atoms. The second-order valence-corrected chi connectivity index (χ2v) is 7.31. The quantitative estimate of drug-likeness (QED) is 0.308. The highest BCUT2D eigenvalue weighted by Crippen LogP contribution is 2.27. The maximum absolute atomic E-state index is 11.1. The lowest BCUT2D eigenvalue weighted by molar-refractivity contribution is -0.153. The van der Waals surface area contributed by atoms with E-state index in [-0.39, 0.29) is 10.8 Å². The monoisotopic (exact) mass is 369 g/mol. The fourth-order valence-corrected chi connectivity index (χ4v) is 2.43. The van der Waals surface area contributed by atoms with Crippen molar-refractivity contribution in [2.75, 3.05) is 0 Å². The number of esters is 1. The van der Waals surface area contributed by atoms with Crippen LogP contribution < -0.4 is 0 Å². The summed E-state index contributed by atoms with van der Waals surface area (Å²) in [6.07, 6.45) is 8.62. The molecule has 0 aromatic heterocycles. The minimum atomic E-state index is -0.497. The van der Waals surface area contributed by atoms with Crippen molar-refractivity contribution < 1.29 is 9.53 Å². The molecule has 3 nitrogen and oxygen atoms in total. The Morgan fingerprint density at radius 1 is 1.23 bits per heavy atom. The fourth-order valence-electron chi connectivity index (χ4n) is 2.11. The molecule has 0 heterocycles. The third-order valence-electron chi connectivity index (χ3n) is 3.53. The van der Waals surface area contributed by atoms with Crippen LogP contribution >= 0.6 is 15.9 Å². The van der Waals surface area contributed by atoms with Gasteiger partial charge in [-0.1, -0.05) is 39.2 Å². The minimum absolute atomic E-state index is 0.129. The van der Waals surface area contributed by atoms with Crippen LogP contribution in [-0.4, -0.2) is 16.4 Å². The van der Waals surface area contributed by atoms with Gasteiger partial charge >= 0.3 is 5.97 Å². The van der Waals surface area contributed by atoms with E-state index in [1.54, 1.807) is 0 Å².